The Labute approximate surface area is 106 Å². The molecular formula is C11H16FN3O2S. The Bertz CT molecular complexity index is 501. The van der Waals surface area contributed by atoms with Gasteiger partial charge in [0.05, 0.1) is 0 Å². The third-order valence-corrected chi connectivity index (χ3v) is 4.29. The fourth-order valence-electron chi connectivity index (χ4n) is 1.98. The van der Waals surface area contributed by atoms with Crippen molar-refractivity contribution in [3.8, 4) is 0 Å². The molecule has 0 unspecified atom stereocenters. The molecule has 100 valence electrons. The molecule has 2 heterocycles. The Morgan fingerprint density at radius 1 is 1.39 bits per heavy atom. The molecule has 0 atom stereocenters. The predicted octanol–water partition coefficient (Wildman–Crippen LogP) is 0.595. The topological polar surface area (TPSA) is 62.3 Å². The Hall–Kier alpha value is -1.05. The second-order valence-electron chi connectivity index (χ2n) is 4.24. The summed E-state index contributed by atoms with van der Waals surface area (Å²) in [6, 6.07) is 2.45. The van der Waals surface area contributed by atoms with Gasteiger partial charge in [0.2, 0.25) is 5.03 Å². The van der Waals surface area contributed by atoms with E-state index >= 15 is 0 Å². The summed E-state index contributed by atoms with van der Waals surface area (Å²) in [5.41, 5.74) is 0. The van der Waals surface area contributed by atoms with Gasteiger partial charge in [-0.05, 0) is 38.1 Å². The molecule has 1 aromatic rings. The van der Waals surface area contributed by atoms with Gasteiger partial charge in [-0.3, -0.25) is 0 Å². The second-order valence-corrected chi connectivity index (χ2v) is 5.92. The first-order valence-corrected chi connectivity index (χ1v) is 7.40. The van der Waals surface area contributed by atoms with E-state index in [0.717, 1.165) is 32.0 Å². The van der Waals surface area contributed by atoms with Crippen LogP contribution in [-0.2, 0) is 10.0 Å². The zero-order valence-electron chi connectivity index (χ0n) is 9.97. The highest BCUT2D eigenvalue weighted by molar-refractivity contribution is 7.89. The van der Waals surface area contributed by atoms with Gasteiger partial charge < -0.3 is 4.90 Å². The standard InChI is InChI=1S/C11H16FN3O2S/c12-10-4-3-5-13-11(10)18(16,17)14-6-9-15-7-1-2-8-15/h3-5,14H,1-2,6-9H2. The van der Waals surface area contributed by atoms with Gasteiger partial charge in [-0.1, -0.05) is 0 Å². The van der Waals surface area contributed by atoms with Crippen LogP contribution in [0.3, 0.4) is 0 Å². The number of halogens is 1. The van der Waals surface area contributed by atoms with E-state index in [2.05, 4.69) is 14.6 Å². The van der Waals surface area contributed by atoms with Crippen LogP contribution >= 0.6 is 0 Å². The molecular weight excluding hydrogens is 257 g/mol. The van der Waals surface area contributed by atoms with Gasteiger partial charge in [0, 0.05) is 19.3 Å². The van der Waals surface area contributed by atoms with Gasteiger partial charge in [-0.2, -0.15) is 0 Å². The molecule has 1 saturated heterocycles. The molecule has 0 spiro atoms. The predicted molar refractivity (Wildman–Crippen MR) is 65.1 cm³/mol. The van der Waals surface area contributed by atoms with Crippen molar-refractivity contribution in [1.29, 1.82) is 0 Å². The lowest BCUT2D eigenvalue weighted by molar-refractivity contribution is 0.344. The Balaban J connectivity index is 1.93. The lowest BCUT2D eigenvalue weighted by Crippen LogP contribution is -2.34. The van der Waals surface area contributed by atoms with Gasteiger partial charge in [0.15, 0.2) is 5.82 Å². The average Bonchev–Trinajstić information content (AvgIpc) is 2.82. The molecule has 7 heteroatoms. The molecule has 5 nitrogen and oxygen atoms in total. The number of pyridine rings is 1. The van der Waals surface area contributed by atoms with E-state index in [1.807, 2.05) is 0 Å². The maximum absolute atomic E-state index is 13.3. The van der Waals surface area contributed by atoms with Crippen LogP contribution < -0.4 is 4.72 Å². The molecule has 2 rings (SSSR count). The van der Waals surface area contributed by atoms with Gasteiger partial charge in [0.1, 0.15) is 0 Å². The van der Waals surface area contributed by atoms with Crippen LogP contribution in [0.5, 0.6) is 0 Å². The molecule has 1 fully saturated rings. The maximum atomic E-state index is 13.3. The number of likely N-dealkylation sites (tertiary alicyclic amines) is 1. The monoisotopic (exact) mass is 273 g/mol. The molecule has 0 amide bonds. The number of sulfonamides is 1. The van der Waals surface area contributed by atoms with Crippen molar-refractivity contribution in [2.45, 2.75) is 17.9 Å². The summed E-state index contributed by atoms with van der Waals surface area (Å²) in [5, 5.41) is -0.536. The SMILES string of the molecule is O=S(=O)(NCCN1CCCC1)c1ncccc1F. The van der Waals surface area contributed by atoms with Crippen LogP contribution in [0.1, 0.15) is 12.8 Å². The van der Waals surface area contributed by atoms with Gasteiger partial charge in [0.25, 0.3) is 10.0 Å². The maximum Gasteiger partial charge on any atom is 0.261 e. The molecule has 1 aromatic heterocycles. The Morgan fingerprint density at radius 3 is 2.78 bits per heavy atom. The highest BCUT2D eigenvalue weighted by Crippen LogP contribution is 2.10. The molecule has 0 saturated carbocycles. The van der Waals surface area contributed by atoms with Crippen molar-refractivity contribution < 1.29 is 12.8 Å². The van der Waals surface area contributed by atoms with Crippen molar-refractivity contribution >= 4 is 10.0 Å². The molecule has 18 heavy (non-hydrogen) atoms. The number of rotatable bonds is 5. The molecule has 0 aliphatic carbocycles. The molecule has 1 aliphatic heterocycles. The van der Waals surface area contributed by atoms with E-state index in [9.17, 15) is 12.8 Å². The molecule has 0 bridgehead atoms. The zero-order valence-corrected chi connectivity index (χ0v) is 10.8. The largest absolute Gasteiger partial charge is 0.302 e. The summed E-state index contributed by atoms with van der Waals surface area (Å²) in [7, 11) is -3.85. The molecule has 1 aliphatic rings. The van der Waals surface area contributed by atoms with E-state index < -0.39 is 20.9 Å². The lowest BCUT2D eigenvalue weighted by atomic mass is 10.4. The van der Waals surface area contributed by atoms with Crippen molar-refractivity contribution in [3.05, 3.63) is 24.1 Å². The first-order chi connectivity index (χ1) is 8.59. The Kier molecular flexibility index (Phi) is 4.26. The van der Waals surface area contributed by atoms with E-state index in [4.69, 9.17) is 0 Å². The van der Waals surface area contributed by atoms with Crippen LogP contribution in [0.25, 0.3) is 0 Å². The minimum atomic E-state index is -3.85. The molecule has 1 N–H and O–H groups in total. The Morgan fingerprint density at radius 2 is 2.11 bits per heavy atom. The quantitative estimate of drug-likeness (QED) is 0.853. The summed E-state index contributed by atoms with van der Waals surface area (Å²) >= 11 is 0. The van der Waals surface area contributed by atoms with E-state index in [1.165, 1.54) is 12.3 Å². The van der Waals surface area contributed by atoms with Crippen LogP contribution in [-0.4, -0.2) is 44.5 Å². The summed E-state index contributed by atoms with van der Waals surface area (Å²) in [4.78, 5) is 5.74. The number of nitrogens with zero attached hydrogens (tertiary/aromatic N) is 2. The zero-order chi connectivity index (χ0) is 13.0. The van der Waals surface area contributed by atoms with Crippen LogP contribution in [0.15, 0.2) is 23.4 Å². The third-order valence-electron chi connectivity index (χ3n) is 2.90. The van der Waals surface area contributed by atoms with Crippen molar-refractivity contribution in [3.63, 3.8) is 0 Å². The van der Waals surface area contributed by atoms with Crippen LogP contribution in [0.4, 0.5) is 4.39 Å². The van der Waals surface area contributed by atoms with Crippen molar-refractivity contribution in [1.82, 2.24) is 14.6 Å². The first-order valence-electron chi connectivity index (χ1n) is 5.92. The van der Waals surface area contributed by atoms with Crippen LogP contribution in [0.2, 0.25) is 0 Å². The van der Waals surface area contributed by atoms with E-state index in [1.54, 1.807) is 0 Å². The fourth-order valence-corrected chi connectivity index (χ4v) is 3.00. The second kappa shape index (κ2) is 5.73. The van der Waals surface area contributed by atoms with Gasteiger partial charge in [-0.25, -0.2) is 22.5 Å². The van der Waals surface area contributed by atoms with E-state index in [-0.39, 0.29) is 6.54 Å². The fraction of sp³-hybridized carbons (Fsp3) is 0.545. The normalized spacial score (nSPS) is 17.2. The average molecular weight is 273 g/mol. The third kappa shape index (κ3) is 3.24. The number of aromatic nitrogens is 1. The first kappa shape index (κ1) is 13.4. The minimum absolute atomic E-state index is 0.276. The highest BCUT2D eigenvalue weighted by atomic mass is 32.2. The smallest absolute Gasteiger partial charge is 0.261 e. The summed E-state index contributed by atoms with van der Waals surface area (Å²) in [6.45, 7) is 2.92. The van der Waals surface area contributed by atoms with Crippen molar-refractivity contribution in [2.75, 3.05) is 26.2 Å². The minimum Gasteiger partial charge on any atom is -0.302 e. The van der Waals surface area contributed by atoms with Gasteiger partial charge >= 0.3 is 0 Å². The number of hydrogen-bond acceptors (Lipinski definition) is 4. The summed E-state index contributed by atoms with van der Waals surface area (Å²) < 4.78 is 39.3. The van der Waals surface area contributed by atoms with Crippen LogP contribution in [0, 0.1) is 5.82 Å². The number of nitrogens with one attached hydrogen (secondary N) is 1. The summed E-state index contributed by atoms with van der Waals surface area (Å²) in [5.74, 6) is -0.828. The van der Waals surface area contributed by atoms with Crippen molar-refractivity contribution in [2.24, 2.45) is 0 Å². The molecule has 0 radical (unpaired) electrons. The highest BCUT2D eigenvalue weighted by Gasteiger charge is 2.20. The summed E-state index contributed by atoms with van der Waals surface area (Å²) in [6.07, 6.45) is 3.57. The number of hydrogen-bond donors (Lipinski definition) is 1. The molecule has 0 aromatic carbocycles. The lowest BCUT2D eigenvalue weighted by Gasteiger charge is -2.14. The van der Waals surface area contributed by atoms with Gasteiger partial charge in [-0.15, -0.1) is 0 Å². The van der Waals surface area contributed by atoms with E-state index in [0.29, 0.717) is 6.54 Å².